The number of carboxylic acids is 1. The maximum absolute atomic E-state index is 12.3. The van der Waals surface area contributed by atoms with Crippen LogP contribution >= 0.6 is 11.6 Å². The Labute approximate surface area is 160 Å². The fraction of sp³-hybridized carbons (Fsp3) is 0.579. The average Bonchev–Trinajstić information content (AvgIpc) is 2.64. The van der Waals surface area contributed by atoms with Gasteiger partial charge in [0.25, 0.3) is 0 Å². The maximum Gasteiger partial charge on any atom is 0.317 e. The van der Waals surface area contributed by atoms with Crippen molar-refractivity contribution in [2.45, 2.75) is 38.6 Å². The summed E-state index contributed by atoms with van der Waals surface area (Å²) in [5.41, 5.74) is 1.21. The molecular formula is C19H28ClN3O3. The SMILES string of the molecule is CCN(CC(=O)O)C1CCN(C(=O)NCCCc2ccc(Cl)cc2)CC1. The van der Waals surface area contributed by atoms with Crippen molar-refractivity contribution >= 4 is 23.6 Å². The Hall–Kier alpha value is -1.79. The summed E-state index contributed by atoms with van der Waals surface area (Å²) in [5, 5.41) is 12.7. The summed E-state index contributed by atoms with van der Waals surface area (Å²) >= 11 is 5.87. The lowest BCUT2D eigenvalue weighted by Gasteiger charge is -2.37. The molecule has 0 saturated carbocycles. The van der Waals surface area contributed by atoms with Crippen molar-refractivity contribution in [2.75, 3.05) is 32.7 Å². The Morgan fingerprint density at radius 1 is 1.27 bits per heavy atom. The van der Waals surface area contributed by atoms with Gasteiger partial charge in [-0.2, -0.15) is 0 Å². The molecule has 0 aromatic heterocycles. The van der Waals surface area contributed by atoms with Crippen molar-refractivity contribution in [1.29, 1.82) is 0 Å². The summed E-state index contributed by atoms with van der Waals surface area (Å²) in [7, 11) is 0. The molecule has 6 nitrogen and oxygen atoms in total. The summed E-state index contributed by atoms with van der Waals surface area (Å²) in [6.45, 7) is 4.74. The second-order valence-corrected chi connectivity index (χ2v) is 7.07. The van der Waals surface area contributed by atoms with E-state index in [9.17, 15) is 9.59 Å². The molecule has 2 N–H and O–H groups in total. The van der Waals surface area contributed by atoms with Crippen molar-refractivity contribution in [3.63, 3.8) is 0 Å². The van der Waals surface area contributed by atoms with E-state index in [1.165, 1.54) is 5.56 Å². The molecule has 1 aromatic carbocycles. The molecule has 0 spiro atoms. The van der Waals surface area contributed by atoms with E-state index in [2.05, 4.69) is 5.32 Å². The first-order valence-corrected chi connectivity index (χ1v) is 9.60. The standard InChI is InChI=1S/C19H28ClN3O3/c1-2-22(14-18(24)25)17-9-12-23(13-10-17)19(26)21-11-3-4-15-5-7-16(20)8-6-15/h5-8,17H,2-4,9-14H2,1H3,(H,21,26)(H,24,25). The van der Waals surface area contributed by atoms with Crippen LogP contribution < -0.4 is 5.32 Å². The van der Waals surface area contributed by atoms with E-state index in [1.807, 2.05) is 41.0 Å². The number of rotatable bonds is 8. The topological polar surface area (TPSA) is 72.9 Å². The molecule has 1 saturated heterocycles. The highest BCUT2D eigenvalue weighted by Gasteiger charge is 2.26. The van der Waals surface area contributed by atoms with Crippen molar-refractivity contribution in [2.24, 2.45) is 0 Å². The highest BCUT2D eigenvalue weighted by molar-refractivity contribution is 6.30. The fourth-order valence-electron chi connectivity index (χ4n) is 3.36. The third kappa shape index (κ3) is 6.50. The van der Waals surface area contributed by atoms with Crippen LogP contribution in [0.1, 0.15) is 31.7 Å². The number of piperidine rings is 1. The summed E-state index contributed by atoms with van der Waals surface area (Å²) in [6, 6.07) is 7.98. The number of aryl methyl sites for hydroxylation is 1. The number of aliphatic carboxylic acids is 1. The lowest BCUT2D eigenvalue weighted by Crippen LogP contribution is -2.50. The van der Waals surface area contributed by atoms with Gasteiger partial charge in [0.15, 0.2) is 0 Å². The smallest absolute Gasteiger partial charge is 0.317 e. The van der Waals surface area contributed by atoms with Gasteiger partial charge in [0, 0.05) is 30.7 Å². The number of nitrogens with zero attached hydrogens (tertiary/aromatic N) is 2. The lowest BCUT2D eigenvalue weighted by atomic mass is 10.0. The number of hydrogen-bond donors (Lipinski definition) is 2. The van der Waals surface area contributed by atoms with Gasteiger partial charge in [-0.3, -0.25) is 9.69 Å². The zero-order chi connectivity index (χ0) is 18.9. The van der Waals surface area contributed by atoms with Gasteiger partial charge >= 0.3 is 12.0 Å². The van der Waals surface area contributed by atoms with Crippen LogP contribution in [0.15, 0.2) is 24.3 Å². The van der Waals surface area contributed by atoms with Crippen LogP contribution in [-0.4, -0.2) is 65.7 Å². The molecule has 1 heterocycles. The molecule has 0 radical (unpaired) electrons. The summed E-state index contributed by atoms with van der Waals surface area (Å²) in [6.07, 6.45) is 3.42. The number of likely N-dealkylation sites (N-methyl/N-ethyl adjacent to an activating group) is 1. The van der Waals surface area contributed by atoms with E-state index in [4.69, 9.17) is 16.7 Å². The maximum atomic E-state index is 12.3. The van der Waals surface area contributed by atoms with E-state index in [0.29, 0.717) is 26.2 Å². The molecule has 0 aliphatic carbocycles. The number of carbonyl (C=O) groups is 2. The van der Waals surface area contributed by atoms with Crippen molar-refractivity contribution in [3.05, 3.63) is 34.9 Å². The Bertz CT molecular complexity index is 586. The first-order chi connectivity index (χ1) is 12.5. The first-order valence-electron chi connectivity index (χ1n) is 9.22. The minimum atomic E-state index is -0.798. The monoisotopic (exact) mass is 381 g/mol. The predicted molar refractivity (Wildman–Crippen MR) is 103 cm³/mol. The lowest BCUT2D eigenvalue weighted by molar-refractivity contribution is -0.139. The Morgan fingerprint density at radius 2 is 1.92 bits per heavy atom. The van der Waals surface area contributed by atoms with Crippen LogP contribution in [0.5, 0.6) is 0 Å². The number of carboxylic acid groups (broad SMARTS) is 1. The largest absolute Gasteiger partial charge is 0.480 e. The fourth-order valence-corrected chi connectivity index (χ4v) is 3.48. The van der Waals surface area contributed by atoms with Gasteiger partial charge in [-0.1, -0.05) is 30.7 Å². The van der Waals surface area contributed by atoms with Crippen LogP contribution in [0.2, 0.25) is 5.02 Å². The predicted octanol–water partition coefficient (Wildman–Crippen LogP) is 2.85. The molecule has 1 fully saturated rings. The molecule has 144 valence electrons. The number of benzene rings is 1. The molecule has 0 unspecified atom stereocenters. The van der Waals surface area contributed by atoms with Gasteiger partial charge in [-0.05, 0) is 49.9 Å². The van der Waals surface area contributed by atoms with Crippen LogP contribution in [-0.2, 0) is 11.2 Å². The molecule has 2 amide bonds. The number of likely N-dealkylation sites (tertiary alicyclic amines) is 1. The van der Waals surface area contributed by atoms with E-state index in [1.54, 1.807) is 0 Å². The molecule has 1 aliphatic rings. The molecule has 26 heavy (non-hydrogen) atoms. The summed E-state index contributed by atoms with van der Waals surface area (Å²) < 4.78 is 0. The second-order valence-electron chi connectivity index (χ2n) is 6.64. The highest BCUT2D eigenvalue weighted by atomic mass is 35.5. The molecule has 2 rings (SSSR count). The van der Waals surface area contributed by atoms with Gasteiger partial charge < -0.3 is 15.3 Å². The van der Waals surface area contributed by atoms with Crippen LogP contribution in [0.3, 0.4) is 0 Å². The normalized spacial score (nSPS) is 15.3. The molecule has 0 bridgehead atoms. The first kappa shape index (κ1) is 20.5. The number of hydrogen-bond acceptors (Lipinski definition) is 3. The number of halogens is 1. The van der Waals surface area contributed by atoms with Crippen molar-refractivity contribution in [3.8, 4) is 0 Å². The average molecular weight is 382 g/mol. The van der Waals surface area contributed by atoms with Crippen LogP contribution in [0.25, 0.3) is 0 Å². The Balaban J connectivity index is 1.66. The third-order valence-electron chi connectivity index (χ3n) is 4.84. The van der Waals surface area contributed by atoms with E-state index in [0.717, 1.165) is 30.7 Å². The summed E-state index contributed by atoms with van der Waals surface area (Å²) in [4.78, 5) is 27.0. The number of amides is 2. The van der Waals surface area contributed by atoms with Crippen LogP contribution in [0, 0.1) is 0 Å². The minimum absolute atomic E-state index is 0.0270. The molecule has 1 aromatic rings. The van der Waals surface area contributed by atoms with Crippen LogP contribution in [0.4, 0.5) is 4.79 Å². The van der Waals surface area contributed by atoms with Gasteiger partial charge in [0.2, 0.25) is 0 Å². The van der Waals surface area contributed by atoms with Gasteiger partial charge in [-0.25, -0.2) is 4.79 Å². The quantitative estimate of drug-likeness (QED) is 0.679. The number of nitrogens with one attached hydrogen (secondary N) is 1. The van der Waals surface area contributed by atoms with Gasteiger partial charge in [-0.15, -0.1) is 0 Å². The van der Waals surface area contributed by atoms with E-state index >= 15 is 0 Å². The highest BCUT2D eigenvalue weighted by Crippen LogP contribution is 2.16. The zero-order valence-corrected chi connectivity index (χ0v) is 16.0. The number of urea groups is 1. The van der Waals surface area contributed by atoms with Gasteiger partial charge in [0.05, 0.1) is 6.54 Å². The summed E-state index contributed by atoms with van der Waals surface area (Å²) in [5.74, 6) is -0.798. The molecule has 7 heteroatoms. The van der Waals surface area contributed by atoms with E-state index < -0.39 is 5.97 Å². The Kier molecular flexibility index (Phi) is 8.19. The van der Waals surface area contributed by atoms with E-state index in [-0.39, 0.29) is 18.6 Å². The molecule has 1 aliphatic heterocycles. The molecule has 0 atom stereocenters. The van der Waals surface area contributed by atoms with Crippen molar-refractivity contribution in [1.82, 2.24) is 15.1 Å². The molecular weight excluding hydrogens is 354 g/mol. The Morgan fingerprint density at radius 3 is 2.50 bits per heavy atom. The van der Waals surface area contributed by atoms with Gasteiger partial charge in [0.1, 0.15) is 0 Å². The second kappa shape index (κ2) is 10.4. The number of carbonyl (C=O) groups excluding carboxylic acids is 1. The zero-order valence-electron chi connectivity index (χ0n) is 15.3. The minimum Gasteiger partial charge on any atom is -0.480 e. The van der Waals surface area contributed by atoms with Crippen molar-refractivity contribution < 1.29 is 14.7 Å². The third-order valence-corrected chi connectivity index (χ3v) is 5.10.